The molecule has 0 fully saturated rings. The summed E-state index contributed by atoms with van der Waals surface area (Å²) in [5.74, 6) is 0. The first-order chi connectivity index (χ1) is 1.73. The summed E-state index contributed by atoms with van der Waals surface area (Å²) in [6.45, 7) is 0. The van der Waals surface area contributed by atoms with E-state index in [1.165, 1.54) is 0 Å². The first kappa shape index (κ1) is 22.5. The third kappa shape index (κ3) is 49.4. The standard InChI is InChI=1S/CH2O3.2K.H3P/c2-1(3)4;;;/h(H2,2,3,4);;;1H3/q;2*+1;/p-2. The van der Waals surface area contributed by atoms with Gasteiger partial charge in [0.15, 0.2) is 0 Å². The van der Waals surface area contributed by atoms with Crippen molar-refractivity contribution in [3.63, 3.8) is 0 Å². The number of hydrogen-bond acceptors (Lipinski definition) is 3. The van der Waals surface area contributed by atoms with Crippen molar-refractivity contribution < 1.29 is 118 Å². The molecular formula is CH3K2O3P. The Kier molecular flexibility index (Phi) is 51.4. The molecule has 0 N–H and O–H groups in total. The maximum atomic E-state index is 8.33. The Morgan fingerprint density at radius 1 is 1.14 bits per heavy atom. The van der Waals surface area contributed by atoms with Crippen LogP contribution in [0.25, 0.3) is 0 Å². The molecule has 32 valence electrons. The van der Waals surface area contributed by atoms with Crippen molar-refractivity contribution in [2.45, 2.75) is 0 Å². The van der Waals surface area contributed by atoms with Gasteiger partial charge in [-0.25, -0.2) is 0 Å². The molecule has 0 radical (unpaired) electrons. The van der Waals surface area contributed by atoms with E-state index in [4.69, 9.17) is 15.0 Å². The van der Waals surface area contributed by atoms with Crippen LogP contribution in [0.15, 0.2) is 0 Å². The van der Waals surface area contributed by atoms with Gasteiger partial charge >= 0.3 is 103 Å². The van der Waals surface area contributed by atoms with Crippen LogP contribution in [0.2, 0.25) is 0 Å². The molecule has 0 aromatic rings. The zero-order valence-electron chi connectivity index (χ0n) is 4.43. The molecule has 1 unspecified atom stereocenters. The normalized spacial score (nSPS) is 3.43. The van der Waals surface area contributed by atoms with E-state index in [0.29, 0.717) is 0 Å². The largest absolute Gasteiger partial charge is 1.00 e. The molecule has 0 heterocycles. The van der Waals surface area contributed by atoms with E-state index in [1.54, 1.807) is 0 Å². The van der Waals surface area contributed by atoms with E-state index >= 15 is 0 Å². The van der Waals surface area contributed by atoms with Gasteiger partial charge in [0.2, 0.25) is 0 Å². The second-order valence-electron chi connectivity index (χ2n) is 0.250. The molecule has 1 atom stereocenters. The average molecular weight is 172 g/mol. The van der Waals surface area contributed by atoms with Gasteiger partial charge in [0.25, 0.3) is 0 Å². The third-order valence-corrected chi connectivity index (χ3v) is 0. The Balaban J connectivity index is -0.0000000150. The average Bonchev–Trinajstić information content (AvgIpc) is 0.811. The Morgan fingerprint density at radius 2 is 1.14 bits per heavy atom. The van der Waals surface area contributed by atoms with Gasteiger partial charge in [0.05, 0.1) is 0 Å². The fourth-order valence-electron chi connectivity index (χ4n) is 0. The molecule has 0 spiro atoms. The van der Waals surface area contributed by atoms with Crippen LogP contribution < -0.4 is 113 Å². The maximum Gasteiger partial charge on any atom is 1.00 e. The van der Waals surface area contributed by atoms with Gasteiger partial charge in [0, 0.05) is 0 Å². The van der Waals surface area contributed by atoms with E-state index in [-0.39, 0.29) is 113 Å². The smallest absolute Gasteiger partial charge is 0.652 e. The van der Waals surface area contributed by atoms with E-state index in [2.05, 4.69) is 0 Å². The van der Waals surface area contributed by atoms with Gasteiger partial charge in [-0.15, -0.1) is 0 Å². The molecule has 0 bridgehead atoms. The first-order valence-corrected chi connectivity index (χ1v) is 0.612. The van der Waals surface area contributed by atoms with Crippen molar-refractivity contribution >= 4 is 16.1 Å². The molecule has 0 aliphatic rings. The minimum atomic E-state index is -2.33. The predicted molar refractivity (Wildman–Crippen MR) is 16.5 cm³/mol. The van der Waals surface area contributed by atoms with Crippen molar-refractivity contribution in [1.29, 1.82) is 0 Å². The molecule has 0 rings (SSSR count). The monoisotopic (exact) mass is 172 g/mol. The summed E-state index contributed by atoms with van der Waals surface area (Å²) in [4.78, 5) is 8.33. The van der Waals surface area contributed by atoms with E-state index < -0.39 is 6.16 Å². The minimum Gasteiger partial charge on any atom is -0.652 e. The number of rotatable bonds is 0. The number of hydrogen-bond donors (Lipinski definition) is 0. The van der Waals surface area contributed by atoms with Gasteiger partial charge in [-0.1, -0.05) is 0 Å². The zero-order chi connectivity index (χ0) is 3.58. The van der Waals surface area contributed by atoms with Crippen molar-refractivity contribution in [3.05, 3.63) is 0 Å². The fourth-order valence-corrected chi connectivity index (χ4v) is 0. The van der Waals surface area contributed by atoms with Crippen molar-refractivity contribution in [3.8, 4) is 0 Å². The van der Waals surface area contributed by atoms with Gasteiger partial charge in [-0.05, 0) is 6.16 Å². The molecule has 0 aliphatic carbocycles. The van der Waals surface area contributed by atoms with Crippen molar-refractivity contribution in [1.82, 2.24) is 0 Å². The van der Waals surface area contributed by atoms with Crippen LogP contribution in [-0.4, -0.2) is 6.16 Å². The Labute approximate surface area is 130 Å². The van der Waals surface area contributed by atoms with Crippen LogP contribution in [0.3, 0.4) is 0 Å². The number of carbonyl (C=O) groups is 1. The van der Waals surface area contributed by atoms with Crippen molar-refractivity contribution in [2.24, 2.45) is 0 Å². The quantitative estimate of drug-likeness (QED) is 0.269. The van der Waals surface area contributed by atoms with Gasteiger partial charge < -0.3 is 15.0 Å². The van der Waals surface area contributed by atoms with E-state index in [0.717, 1.165) is 0 Å². The van der Waals surface area contributed by atoms with Crippen LogP contribution in [0, 0.1) is 0 Å². The van der Waals surface area contributed by atoms with Gasteiger partial charge in [0.1, 0.15) is 0 Å². The molecular weight excluding hydrogens is 169 g/mol. The summed E-state index contributed by atoms with van der Waals surface area (Å²) in [5, 5.41) is 16.7. The second kappa shape index (κ2) is 16.0. The molecule has 0 saturated carbocycles. The summed E-state index contributed by atoms with van der Waals surface area (Å²) in [5.41, 5.74) is 0. The number of carboxylic acid groups (broad SMARTS) is 2. The summed E-state index contributed by atoms with van der Waals surface area (Å²) in [6.07, 6.45) is -2.33. The molecule has 0 saturated heterocycles. The Morgan fingerprint density at radius 3 is 1.14 bits per heavy atom. The van der Waals surface area contributed by atoms with Crippen LogP contribution in [0.1, 0.15) is 0 Å². The zero-order valence-corrected chi connectivity index (χ0v) is 12.1. The minimum absolute atomic E-state index is 0. The topological polar surface area (TPSA) is 63.2 Å². The molecule has 0 amide bonds. The summed E-state index contributed by atoms with van der Waals surface area (Å²) in [7, 11) is 0. The molecule has 3 nitrogen and oxygen atoms in total. The fraction of sp³-hybridized carbons (Fsp3) is 0. The molecule has 6 heteroatoms. The number of carbonyl (C=O) groups excluding carboxylic acids is 1. The van der Waals surface area contributed by atoms with Crippen LogP contribution in [0.4, 0.5) is 4.79 Å². The summed E-state index contributed by atoms with van der Waals surface area (Å²) in [6, 6.07) is 0. The van der Waals surface area contributed by atoms with Gasteiger partial charge in [-0.3, -0.25) is 0 Å². The van der Waals surface area contributed by atoms with Crippen LogP contribution >= 0.6 is 9.90 Å². The maximum absolute atomic E-state index is 8.33. The molecule has 0 aromatic carbocycles. The molecule has 0 aromatic heterocycles. The SMILES string of the molecule is O=C([O-])[O-].P.[K+].[K+]. The summed E-state index contributed by atoms with van der Waals surface area (Å²) < 4.78 is 0. The van der Waals surface area contributed by atoms with Crippen LogP contribution in [0.5, 0.6) is 0 Å². The van der Waals surface area contributed by atoms with E-state index in [1.807, 2.05) is 0 Å². The second-order valence-corrected chi connectivity index (χ2v) is 0.250. The summed E-state index contributed by atoms with van der Waals surface area (Å²) >= 11 is 0. The predicted octanol–water partition coefficient (Wildman–Crippen LogP) is -8.38. The third-order valence-electron chi connectivity index (χ3n) is 0. The molecule has 7 heavy (non-hydrogen) atoms. The molecule has 0 aliphatic heterocycles. The van der Waals surface area contributed by atoms with Gasteiger partial charge in [-0.2, -0.15) is 9.90 Å². The van der Waals surface area contributed by atoms with Crippen LogP contribution in [-0.2, 0) is 0 Å². The Hall–Kier alpha value is 2.97. The first-order valence-electron chi connectivity index (χ1n) is 0.612. The van der Waals surface area contributed by atoms with Crippen molar-refractivity contribution in [2.75, 3.05) is 0 Å². The van der Waals surface area contributed by atoms with E-state index in [9.17, 15) is 0 Å². The Bertz CT molecular complexity index is 35.9.